The van der Waals surface area contributed by atoms with E-state index < -0.39 is 17.1 Å². The minimum absolute atomic E-state index is 0.261. The molecule has 1 fully saturated rings. The molecule has 0 saturated carbocycles. The summed E-state index contributed by atoms with van der Waals surface area (Å²) in [5.41, 5.74) is 1.36. The maximum Gasteiger partial charge on any atom is 0.294 e. The van der Waals surface area contributed by atoms with Crippen LogP contribution in [0.2, 0.25) is 0 Å². The summed E-state index contributed by atoms with van der Waals surface area (Å²) < 4.78 is 7.65. The highest BCUT2D eigenvalue weighted by atomic mass is 127. The lowest BCUT2D eigenvalue weighted by Gasteiger charge is -2.14. The fourth-order valence-corrected chi connectivity index (χ4v) is 6.30. The summed E-state index contributed by atoms with van der Waals surface area (Å²) in [7, 11) is 0. The first kappa shape index (κ1) is 24.0. The molecular weight excluding hydrogens is 666 g/mol. The molecule has 9 heteroatoms. The third-order valence-corrected chi connectivity index (χ3v) is 7.18. The highest BCUT2D eigenvalue weighted by molar-refractivity contribution is 14.1. The molecule has 168 valence electrons. The van der Waals surface area contributed by atoms with Crippen molar-refractivity contribution in [1.29, 1.82) is 0 Å². The van der Waals surface area contributed by atoms with Crippen LogP contribution in [-0.4, -0.2) is 35.1 Å². The van der Waals surface area contributed by atoms with Gasteiger partial charge in [-0.25, -0.2) is 0 Å². The maximum atomic E-state index is 13.0. The second-order valence-corrected chi connectivity index (χ2v) is 10.5. The predicted octanol–water partition coefficient (Wildman–Crippen LogP) is 6.12. The summed E-state index contributed by atoms with van der Waals surface area (Å²) in [6.45, 7) is 2.01. The number of rotatable bonds is 6. The van der Waals surface area contributed by atoms with E-state index in [1.807, 2.05) is 55.5 Å². The van der Waals surface area contributed by atoms with Crippen molar-refractivity contribution in [2.45, 2.75) is 6.92 Å². The third-order valence-electron chi connectivity index (χ3n) is 4.85. The van der Waals surface area contributed by atoms with Crippen molar-refractivity contribution < 1.29 is 19.1 Å². The van der Waals surface area contributed by atoms with Gasteiger partial charge in [-0.3, -0.25) is 19.3 Å². The molecule has 3 aromatic rings. The Hall–Kier alpha value is -2.12. The van der Waals surface area contributed by atoms with Gasteiger partial charge in [0.25, 0.3) is 11.1 Å². The minimum atomic E-state index is -0.491. The highest BCUT2D eigenvalue weighted by Crippen LogP contribution is 2.36. The number of halogens is 2. The Bertz CT molecular complexity index is 1300. The smallest absolute Gasteiger partial charge is 0.294 e. The Morgan fingerprint density at radius 1 is 1.12 bits per heavy atom. The second-order valence-electron chi connectivity index (χ2n) is 7.08. The predicted molar refractivity (Wildman–Crippen MR) is 148 cm³/mol. The van der Waals surface area contributed by atoms with Gasteiger partial charge in [0.1, 0.15) is 12.3 Å². The van der Waals surface area contributed by atoms with Gasteiger partial charge in [0, 0.05) is 20.2 Å². The summed E-state index contributed by atoms with van der Waals surface area (Å²) in [6.07, 6.45) is 1.66. The van der Waals surface area contributed by atoms with Crippen LogP contribution in [0.15, 0.2) is 59.5 Å². The molecule has 1 aliphatic rings. The zero-order chi connectivity index (χ0) is 23.5. The van der Waals surface area contributed by atoms with Crippen molar-refractivity contribution in [1.82, 2.24) is 4.90 Å². The molecule has 0 atom stereocenters. The lowest BCUT2D eigenvalue weighted by atomic mass is 10.1. The molecule has 0 aromatic heterocycles. The van der Waals surface area contributed by atoms with Gasteiger partial charge in [0.05, 0.1) is 15.1 Å². The van der Waals surface area contributed by atoms with E-state index in [4.69, 9.17) is 4.74 Å². The van der Waals surface area contributed by atoms with Crippen LogP contribution in [0.25, 0.3) is 16.8 Å². The molecule has 1 aliphatic heterocycles. The average Bonchev–Trinajstić information content (AvgIpc) is 3.03. The quantitative estimate of drug-likeness (QED) is 0.250. The summed E-state index contributed by atoms with van der Waals surface area (Å²) in [6, 6.07) is 17.1. The van der Waals surface area contributed by atoms with Gasteiger partial charge in [0.2, 0.25) is 5.91 Å². The molecule has 1 saturated heterocycles. The van der Waals surface area contributed by atoms with Crippen LogP contribution in [0.5, 0.6) is 5.75 Å². The van der Waals surface area contributed by atoms with Crippen LogP contribution in [0.4, 0.5) is 10.5 Å². The molecule has 33 heavy (non-hydrogen) atoms. The number of fused-ring (bicyclic) bond motifs is 1. The number of thioether (sulfide) groups is 1. The molecule has 0 aliphatic carbocycles. The molecule has 1 N–H and O–H groups in total. The van der Waals surface area contributed by atoms with Crippen LogP contribution in [0, 0.1) is 7.14 Å². The zero-order valence-electron chi connectivity index (χ0n) is 17.4. The Labute approximate surface area is 222 Å². The van der Waals surface area contributed by atoms with Gasteiger partial charge in [-0.1, -0.05) is 36.4 Å². The van der Waals surface area contributed by atoms with Crippen molar-refractivity contribution in [3.05, 3.63) is 72.2 Å². The Kier molecular flexibility index (Phi) is 7.59. The molecule has 0 radical (unpaired) electrons. The SMILES string of the molecule is CCOc1c(I)cc(I)cc1/C=C1/SC(=O)N(CC(=O)Nc2cccc3ccccc23)C1=O. The van der Waals surface area contributed by atoms with E-state index in [0.29, 0.717) is 18.0 Å². The number of nitrogens with zero attached hydrogens (tertiary/aromatic N) is 1. The van der Waals surface area contributed by atoms with Gasteiger partial charge in [-0.2, -0.15) is 0 Å². The largest absolute Gasteiger partial charge is 0.492 e. The standard InChI is InChI=1S/C24H18I2N2O4S/c1-2-32-22-15(10-16(25)12-18(22)26)11-20-23(30)28(24(31)33-20)13-21(29)27-19-9-5-7-14-6-3-4-8-17(14)19/h3-12H,2,13H2,1H3,(H,27,29)/b20-11+. The van der Waals surface area contributed by atoms with E-state index >= 15 is 0 Å². The fraction of sp³-hybridized carbons (Fsp3) is 0.125. The monoisotopic (exact) mass is 684 g/mol. The number of carbonyl (C=O) groups is 3. The van der Waals surface area contributed by atoms with Gasteiger partial charge in [-0.15, -0.1) is 0 Å². The molecule has 3 amide bonds. The van der Waals surface area contributed by atoms with Crippen LogP contribution in [-0.2, 0) is 9.59 Å². The van der Waals surface area contributed by atoms with E-state index in [1.165, 1.54) is 0 Å². The van der Waals surface area contributed by atoms with Crippen molar-refractivity contribution >= 4 is 96.5 Å². The molecular formula is C24H18I2N2O4S. The van der Waals surface area contributed by atoms with Crippen molar-refractivity contribution in [2.24, 2.45) is 0 Å². The molecule has 0 unspecified atom stereocenters. The van der Waals surface area contributed by atoms with Crippen LogP contribution in [0.1, 0.15) is 12.5 Å². The maximum absolute atomic E-state index is 13.0. The summed E-state index contributed by atoms with van der Waals surface area (Å²) in [5, 5.41) is 4.22. The van der Waals surface area contributed by atoms with E-state index in [2.05, 4.69) is 50.5 Å². The lowest BCUT2D eigenvalue weighted by molar-refractivity contribution is -0.127. The number of carbonyl (C=O) groups excluding carboxylic acids is 3. The zero-order valence-corrected chi connectivity index (χ0v) is 22.6. The van der Waals surface area contributed by atoms with Gasteiger partial charge >= 0.3 is 0 Å². The van der Waals surface area contributed by atoms with E-state index in [-0.39, 0.29) is 11.4 Å². The number of ether oxygens (including phenoxy) is 1. The molecule has 1 heterocycles. The van der Waals surface area contributed by atoms with Crippen molar-refractivity contribution in [3.63, 3.8) is 0 Å². The number of hydrogen-bond acceptors (Lipinski definition) is 5. The van der Waals surface area contributed by atoms with Crippen molar-refractivity contribution in [2.75, 3.05) is 18.5 Å². The number of anilines is 1. The summed E-state index contributed by atoms with van der Waals surface area (Å²) in [5.74, 6) is -0.262. The van der Waals surface area contributed by atoms with E-state index in [0.717, 1.165) is 40.1 Å². The number of amides is 3. The molecule has 0 bridgehead atoms. The first-order chi connectivity index (χ1) is 15.9. The second kappa shape index (κ2) is 10.4. The molecule has 6 nitrogen and oxygen atoms in total. The third kappa shape index (κ3) is 5.35. The topological polar surface area (TPSA) is 75.7 Å². The molecule has 3 aromatic carbocycles. The number of imide groups is 1. The summed E-state index contributed by atoms with van der Waals surface area (Å²) in [4.78, 5) is 39.4. The molecule has 4 rings (SSSR count). The average molecular weight is 684 g/mol. The summed E-state index contributed by atoms with van der Waals surface area (Å²) >= 11 is 5.21. The normalized spacial score (nSPS) is 14.9. The fourth-order valence-electron chi connectivity index (χ4n) is 3.43. The Balaban J connectivity index is 1.54. The van der Waals surface area contributed by atoms with Crippen molar-refractivity contribution in [3.8, 4) is 5.75 Å². The van der Waals surface area contributed by atoms with Crippen LogP contribution in [0.3, 0.4) is 0 Å². The number of hydrogen-bond donors (Lipinski definition) is 1. The first-order valence-corrected chi connectivity index (χ1v) is 13.0. The lowest BCUT2D eigenvalue weighted by Crippen LogP contribution is -2.36. The first-order valence-electron chi connectivity index (χ1n) is 10.0. The van der Waals surface area contributed by atoms with Gasteiger partial charge in [-0.05, 0) is 93.5 Å². The highest BCUT2D eigenvalue weighted by Gasteiger charge is 2.36. The van der Waals surface area contributed by atoms with E-state index in [9.17, 15) is 14.4 Å². The number of nitrogens with one attached hydrogen (secondary N) is 1. The molecule has 0 spiro atoms. The minimum Gasteiger partial charge on any atom is -0.492 e. The van der Waals surface area contributed by atoms with Crippen LogP contribution < -0.4 is 10.1 Å². The van der Waals surface area contributed by atoms with Gasteiger partial charge < -0.3 is 10.1 Å². The van der Waals surface area contributed by atoms with E-state index in [1.54, 1.807) is 12.1 Å². The van der Waals surface area contributed by atoms with Crippen LogP contribution >= 0.6 is 56.9 Å². The Morgan fingerprint density at radius 2 is 1.88 bits per heavy atom. The Morgan fingerprint density at radius 3 is 2.67 bits per heavy atom. The number of benzene rings is 3. The van der Waals surface area contributed by atoms with Gasteiger partial charge in [0.15, 0.2) is 0 Å².